The first-order valence-electron chi connectivity index (χ1n) is 11.0. The second-order valence-corrected chi connectivity index (χ2v) is 8.79. The normalized spacial score (nSPS) is 11.7. The van der Waals surface area contributed by atoms with Crippen LogP contribution in [0.1, 0.15) is 28.1 Å². The Morgan fingerprint density at radius 3 is 2.51 bits per heavy atom. The average molecular weight is 488 g/mol. The van der Waals surface area contributed by atoms with E-state index < -0.39 is 5.25 Å². The highest BCUT2D eigenvalue weighted by Gasteiger charge is 2.26. The number of ether oxygens (including phenoxy) is 1. The van der Waals surface area contributed by atoms with Gasteiger partial charge in [-0.25, -0.2) is 0 Å². The number of amides is 1. The molecule has 9 heteroatoms. The first-order valence-corrected chi connectivity index (χ1v) is 11.9. The molecule has 178 valence electrons. The summed E-state index contributed by atoms with van der Waals surface area (Å²) >= 11 is 1.31. The summed E-state index contributed by atoms with van der Waals surface area (Å²) in [5.41, 5.74) is 2.79. The number of thioether (sulfide) groups is 1. The van der Waals surface area contributed by atoms with Crippen molar-refractivity contribution in [3.8, 4) is 11.4 Å². The van der Waals surface area contributed by atoms with E-state index in [2.05, 4.69) is 20.5 Å². The highest BCUT2D eigenvalue weighted by molar-refractivity contribution is 8.00. The standard InChI is InChI=1S/C26H25N5O3S/c1-18(32)21-9-6-10-22(17-21)28-25(33)23(19-7-4-3-5-8-19)35-26-30-29-24(31(26)15-16-34-2)20-11-13-27-14-12-20/h3-14,17,23H,15-16H2,1-2H3,(H,28,33)/t23-/m0/s1. The zero-order valence-corrected chi connectivity index (χ0v) is 20.2. The third-order valence-corrected chi connectivity index (χ3v) is 6.51. The molecule has 4 rings (SSSR count). The Labute approximate surface area is 207 Å². The smallest absolute Gasteiger partial charge is 0.242 e. The van der Waals surface area contributed by atoms with E-state index in [0.717, 1.165) is 11.1 Å². The summed E-state index contributed by atoms with van der Waals surface area (Å²) in [6, 6.07) is 20.1. The van der Waals surface area contributed by atoms with Gasteiger partial charge < -0.3 is 10.1 Å². The minimum absolute atomic E-state index is 0.0648. The van der Waals surface area contributed by atoms with Gasteiger partial charge in [-0.05, 0) is 36.8 Å². The molecule has 0 aliphatic carbocycles. The van der Waals surface area contributed by atoms with E-state index in [9.17, 15) is 9.59 Å². The molecule has 8 nitrogen and oxygen atoms in total. The van der Waals surface area contributed by atoms with E-state index in [1.807, 2.05) is 47.0 Å². The van der Waals surface area contributed by atoms with Gasteiger partial charge in [0, 0.05) is 36.3 Å². The number of ketones is 1. The molecular formula is C26H25N5O3S. The number of hydrogen-bond donors (Lipinski definition) is 1. The number of nitrogens with one attached hydrogen (secondary N) is 1. The fraction of sp³-hybridized carbons (Fsp3) is 0.192. The summed E-state index contributed by atoms with van der Waals surface area (Å²) in [5.74, 6) is 0.381. The molecule has 0 bridgehead atoms. The predicted molar refractivity (Wildman–Crippen MR) is 135 cm³/mol. The van der Waals surface area contributed by atoms with Crippen LogP contribution in [0.2, 0.25) is 0 Å². The zero-order chi connectivity index (χ0) is 24.6. The molecule has 0 saturated heterocycles. The lowest BCUT2D eigenvalue weighted by molar-refractivity contribution is -0.115. The predicted octanol–water partition coefficient (Wildman–Crippen LogP) is 4.66. The number of pyridine rings is 1. The number of hydrogen-bond acceptors (Lipinski definition) is 7. The first-order chi connectivity index (χ1) is 17.1. The highest BCUT2D eigenvalue weighted by atomic mass is 32.2. The van der Waals surface area contributed by atoms with Gasteiger partial charge >= 0.3 is 0 Å². The lowest BCUT2D eigenvalue weighted by atomic mass is 10.1. The molecule has 0 fully saturated rings. The third-order valence-electron chi connectivity index (χ3n) is 5.27. The zero-order valence-electron chi connectivity index (χ0n) is 19.4. The average Bonchev–Trinajstić information content (AvgIpc) is 3.29. The Morgan fingerprint density at radius 2 is 1.80 bits per heavy atom. The van der Waals surface area contributed by atoms with Crippen LogP contribution in [-0.4, -0.2) is 45.2 Å². The van der Waals surface area contributed by atoms with Crippen molar-refractivity contribution in [2.75, 3.05) is 19.0 Å². The Kier molecular flexibility index (Phi) is 8.02. The molecule has 0 aliphatic rings. The Balaban J connectivity index is 1.67. The minimum Gasteiger partial charge on any atom is -0.383 e. The van der Waals surface area contributed by atoms with Crippen LogP contribution in [0.5, 0.6) is 0 Å². The molecule has 2 aromatic carbocycles. The van der Waals surface area contributed by atoms with Crippen molar-refractivity contribution in [1.82, 2.24) is 19.7 Å². The fourth-order valence-electron chi connectivity index (χ4n) is 3.50. The van der Waals surface area contributed by atoms with Crippen LogP contribution in [0.15, 0.2) is 84.3 Å². The molecule has 0 spiro atoms. The van der Waals surface area contributed by atoms with Crippen molar-refractivity contribution in [2.24, 2.45) is 0 Å². The molecule has 1 N–H and O–H groups in total. The lowest BCUT2D eigenvalue weighted by Crippen LogP contribution is -2.20. The number of aromatic nitrogens is 4. The number of benzene rings is 2. The Bertz CT molecular complexity index is 1290. The van der Waals surface area contributed by atoms with Gasteiger partial charge in [-0.2, -0.15) is 0 Å². The lowest BCUT2D eigenvalue weighted by Gasteiger charge is -2.18. The van der Waals surface area contributed by atoms with Gasteiger partial charge in [-0.3, -0.25) is 19.1 Å². The molecule has 2 aromatic heterocycles. The van der Waals surface area contributed by atoms with Gasteiger partial charge in [-0.15, -0.1) is 10.2 Å². The number of carbonyl (C=O) groups excluding carboxylic acids is 2. The molecule has 4 aromatic rings. The van der Waals surface area contributed by atoms with Gasteiger partial charge in [0.05, 0.1) is 13.2 Å². The molecule has 0 aliphatic heterocycles. The van der Waals surface area contributed by atoms with Crippen LogP contribution in [0, 0.1) is 0 Å². The van der Waals surface area contributed by atoms with Crippen LogP contribution >= 0.6 is 11.8 Å². The molecule has 1 amide bonds. The molecule has 2 heterocycles. The Hall–Kier alpha value is -3.82. The summed E-state index contributed by atoms with van der Waals surface area (Å²) in [7, 11) is 1.64. The van der Waals surface area contributed by atoms with E-state index in [0.29, 0.717) is 35.4 Å². The molecule has 35 heavy (non-hydrogen) atoms. The Morgan fingerprint density at radius 1 is 1.03 bits per heavy atom. The first kappa shape index (κ1) is 24.3. The SMILES string of the molecule is COCCn1c(S[C@H](C(=O)Nc2cccc(C(C)=O)c2)c2ccccc2)nnc1-c1ccncc1. The topological polar surface area (TPSA) is 99.0 Å². The van der Waals surface area contributed by atoms with Crippen molar-refractivity contribution >= 4 is 29.1 Å². The van der Waals surface area contributed by atoms with E-state index in [4.69, 9.17) is 4.74 Å². The molecule has 0 radical (unpaired) electrons. The van der Waals surface area contributed by atoms with Crippen molar-refractivity contribution in [2.45, 2.75) is 23.9 Å². The molecule has 1 atom stereocenters. The van der Waals surface area contributed by atoms with Crippen LogP contribution in [0.4, 0.5) is 5.69 Å². The molecule has 0 saturated carbocycles. The van der Waals surface area contributed by atoms with Gasteiger partial charge in [0.15, 0.2) is 16.8 Å². The number of anilines is 1. The maximum Gasteiger partial charge on any atom is 0.242 e. The van der Waals surface area contributed by atoms with E-state index in [1.165, 1.54) is 18.7 Å². The maximum atomic E-state index is 13.5. The van der Waals surface area contributed by atoms with Crippen LogP contribution in [-0.2, 0) is 16.1 Å². The summed E-state index contributed by atoms with van der Waals surface area (Å²) in [6.45, 7) is 2.48. The van der Waals surface area contributed by atoms with E-state index in [1.54, 1.807) is 43.8 Å². The number of methoxy groups -OCH3 is 1. The largest absolute Gasteiger partial charge is 0.383 e. The molecular weight excluding hydrogens is 462 g/mol. The van der Waals surface area contributed by atoms with E-state index in [-0.39, 0.29) is 11.7 Å². The van der Waals surface area contributed by atoms with Crippen molar-refractivity contribution < 1.29 is 14.3 Å². The third kappa shape index (κ3) is 6.00. The number of rotatable bonds is 10. The molecule has 0 unspecified atom stereocenters. The fourth-order valence-corrected chi connectivity index (χ4v) is 4.57. The van der Waals surface area contributed by atoms with Gasteiger partial charge in [0.1, 0.15) is 5.25 Å². The quantitative estimate of drug-likeness (QED) is 0.257. The second kappa shape index (κ2) is 11.5. The summed E-state index contributed by atoms with van der Waals surface area (Å²) in [6.07, 6.45) is 3.40. The monoisotopic (exact) mass is 487 g/mol. The van der Waals surface area contributed by atoms with Gasteiger partial charge in [0.25, 0.3) is 0 Å². The minimum atomic E-state index is -0.604. The summed E-state index contributed by atoms with van der Waals surface area (Å²) in [4.78, 5) is 29.3. The van der Waals surface area contributed by atoms with Crippen LogP contribution in [0.3, 0.4) is 0 Å². The van der Waals surface area contributed by atoms with Crippen molar-refractivity contribution in [1.29, 1.82) is 0 Å². The second-order valence-electron chi connectivity index (χ2n) is 7.72. The number of nitrogens with zero attached hydrogens (tertiary/aromatic N) is 4. The van der Waals surface area contributed by atoms with Gasteiger partial charge in [0.2, 0.25) is 5.91 Å². The van der Waals surface area contributed by atoms with E-state index >= 15 is 0 Å². The van der Waals surface area contributed by atoms with Crippen molar-refractivity contribution in [3.05, 3.63) is 90.3 Å². The number of carbonyl (C=O) groups is 2. The van der Waals surface area contributed by atoms with Crippen LogP contribution in [0.25, 0.3) is 11.4 Å². The highest BCUT2D eigenvalue weighted by Crippen LogP contribution is 2.37. The van der Waals surface area contributed by atoms with Gasteiger partial charge in [-0.1, -0.05) is 54.2 Å². The van der Waals surface area contributed by atoms with Crippen LogP contribution < -0.4 is 5.32 Å². The van der Waals surface area contributed by atoms with Crippen molar-refractivity contribution in [3.63, 3.8) is 0 Å². The maximum absolute atomic E-state index is 13.5. The summed E-state index contributed by atoms with van der Waals surface area (Å²) < 4.78 is 7.25. The number of Topliss-reactive ketones (excluding diaryl/α,β-unsaturated/α-hetero) is 1. The summed E-state index contributed by atoms with van der Waals surface area (Å²) in [5, 5.41) is 11.8.